The van der Waals surface area contributed by atoms with Crippen LogP contribution in [0.25, 0.3) is 0 Å². The van der Waals surface area contributed by atoms with Crippen LogP contribution in [0.5, 0.6) is 0 Å². The Bertz CT molecular complexity index is 366. The first kappa shape index (κ1) is 10.7. The number of nitrogens with one attached hydrogen (secondary N) is 1. The number of rotatable bonds is 3. The second-order valence-electron chi connectivity index (χ2n) is 3.16. The van der Waals surface area contributed by atoms with E-state index < -0.39 is 10.8 Å². The highest BCUT2D eigenvalue weighted by Crippen LogP contribution is 2.04. The van der Waals surface area contributed by atoms with E-state index in [1.807, 2.05) is 24.6 Å². The standard InChI is InChI=1S/C8H14N2OS2/c1-6-4-9-8(12)10(6)5-7(2)13(3)11/h4,7H,5H2,1-3H3,(H,9,12). The highest BCUT2D eigenvalue weighted by Gasteiger charge is 2.08. The van der Waals surface area contributed by atoms with Crippen LogP contribution in [0.2, 0.25) is 0 Å². The highest BCUT2D eigenvalue weighted by molar-refractivity contribution is 7.84. The molecule has 0 radical (unpaired) electrons. The van der Waals surface area contributed by atoms with Crippen LogP contribution in [0.15, 0.2) is 6.20 Å². The van der Waals surface area contributed by atoms with E-state index in [9.17, 15) is 4.21 Å². The summed E-state index contributed by atoms with van der Waals surface area (Å²) < 4.78 is 13.8. The van der Waals surface area contributed by atoms with Gasteiger partial charge in [0.1, 0.15) is 0 Å². The zero-order chi connectivity index (χ0) is 10.0. The van der Waals surface area contributed by atoms with Crippen molar-refractivity contribution in [3.05, 3.63) is 16.7 Å². The van der Waals surface area contributed by atoms with E-state index in [0.29, 0.717) is 4.77 Å². The minimum absolute atomic E-state index is 0.140. The predicted octanol–water partition coefficient (Wildman–Crippen LogP) is 1.62. The number of imidazole rings is 1. The Hall–Kier alpha value is -0.420. The fraction of sp³-hybridized carbons (Fsp3) is 0.625. The molecule has 2 atom stereocenters. The lowest BCUT2D eigenvalue weighted by molar-refractivity contribution is 0.631. The van der Waals surface area contributed by atoms with Crippen molar-refractivity contribution in [2.45, 2.75) is 25.6 Å². The smallest absolute Gasteiger partial charge is 0.177 e. The maximum Gasteiger partial charge on any atom is 0.177 e. The van der Waals surface area contributed by atoms with Gasteiger partial charge in [-0.05, 0) is 26.1 Å². The van der Waals surface area contributed by atoms with Crippen molar-refractivity contribution >= 4 is 23.0 Å². The Labute approximate surface area is 85.6 Å². The molecule has 0 saturated carbocycles. The van der Waals surface area contributed by atoms with Crippen LogP contribution in [0, 0.1) is 11.7 Å². The predicted molar refractivity (Wildman–Crippen MR) is 57.9 cm³/mol. The van der Waals surface area contributed by atoms with Gasteiger partial charge in [0, 0.05) is 40.7 Å². The average molecular weight is 218 g/mol. The monoisotopic (exact) mass is 218 g/mol. The van der Waals surface area contributed by atoms with E-state index in [1.165, 1.54) is 0 Å². The first-order valence-corrected chi connectivity index (χ1v) is 6.12. The minimum atomic E-state index is -0.793. The molecule has 13 heavy (non-hydrogen) atoms. The number of hydrogen-bond donors (Lipinski definition) is 1. The van der Waals surface area contributed by atoms with Crippen LogP contribution < -0.4 is 0 Å². The van der Waals surface area contributed by atoms with Gasteiger partial charge in [-0.1, -0.05) is 0 Å². The molecule has 1 aromatic rings. The van der Waals surface area contributed by atoms with E-state index >= 15 is 0 Å². The van der Waals surface area contributed by atoms with Crippen LogP contribution in [-0.2, 0) is 17.3 Å². The lowest BCUT2D eigenvalue weighted by Gasteiger charge is -2.10. The number of H-pyrrole nitrogens is 1. The van der Waals surface area contributed by atoms with Crippen molar-refractivity contribution < 1.29 is 4.21 Å². The lowest BCUT2D eigenvalue weighted by atomic mass is 10.4. The molecule has 0 aliphatic heterocycles. The molecule has 0 spiro atoms. The molecule has 74 valence electrons. The van der Waals surface area contributed by atoms with Gasteiger partial charge in [0.15, 0.2) is 4.77 Å². The van der Waals surface area contributed by atoms with Gasteiger partial charge in [0.2, 0.25) is 0 Å². The number of aromatic amines is 1. The normalized spacial score (nSPS) is 15.6. The van der Waals surface area contributed by atoms with Crippen molar-refractivity contribution in [2.75, 3.05) is 6.26 Å². The number of aryl methyl sites for hydroxylation is 1. The summed E-state index contributed by atoms with van der Waals surface area (Å²) in [6, 6.07) is 0. The molecule has 0 aliphatic rings. The van der Waals surface area contributed by atoms with E-state index in [2.05, 4.69) is 4.98 Å². The second-order valence-corrected chi connectivity index (χ2v) is 5.34. The second kappa shape index (κ2) is 4.19. The SMILES string of the molecule is Cc1c[nH]c(=S)n1CC(C)S(C)=O. The third-order valence-corrected chi connectivity index (χ3v) is 3.70. The zero-order valence-electron chi connectivity index (χ0n) is 8.03. The van der Waals surface area contributed by atoms with Crippen molar-refractivity contribution in [3.8, 4) is 0 Å². The van der Waals surface area contributed by atoms with E-state index in [0.717, 1.165) is 12.2 Å². The van der Waals surface area contributed by atoms with Gasteiger partial charge in [-0.25, -0.2) is 0 Å². The number of hydrogen-bond acceptors (Lipinski definition) is 2. The zero-order valence-corrected chi connectivity index (χ0v) is 9.67. The van der Waals surface area contributed by atoms with Crippen LogP contribution in [-0.4, -0.2) is 25.3 Å². The maximum absolute atomic E-state index is 11.1. The molecule has 1 N–H and O–H groups in total. The van der Waals surface area contributed by atoms with Gasteiger partial charge in [0.25, 0.3) is 0 Å². The summed E-state index contributed by atoms with van der Waals surface area (Å²) in [7, 11) is -0.793. The van der Waals surface area contributed by atoms with Crippen LogP contribution in [0.4, 0.5) is 0 Å². The molecule has 1 rings (SSSR count). The molecule has 0 fully saturated rings. The molecule has 3 nitrogen and oxygen atoms in total. The average Bonchev–Trinajstić information content (AvgIpc) is 2.35. The van der Waals surface area contributed by atoms with Gasteiger partial charge in [-0.15, -0.1) is 0 Å². The highest BCUT2D eigenvalue weighted by atomic mass is 32.2. The molecule has 0 saturated heterocycles. The third kappa shape index (κ3) is 2.51. The number of nitrogens with zero attached hydrogens (tertiary/aromatic N) is 1. The van der Waals surface area contributed by atoms with Gasteiger partial charge in [-0.2, -0.15) is 0 Å². The van der Waals surface area contributed by atoms with Crippen LogP contribution in [0.1, 0.15) is 12.6 Å². The van der Waals surface area contributed by atoms with Gasteiger partial charge in [0.05, 0.1) is 0 Å². The molecule has 2 unspecified atom stereocenters. The van der Waals surface area contributed by atoms with E-state index in [1.54, 1.807) is 6.26 Å². The first-order valence-electron chi connectivity index (χ1n) is 4.09. The van der Waals surface area contributed by atoms with Gasteiger partial charge < -0.3 is 9.55 Å². The summed E-state index contributed by atoms with van der Waals surface area (Å²) in [6.45, 7) is 4.67. The number of aromatic nitrogens is 2. The molecule has 0 aromatic carbocycles. The Morgan fingerprint density at radius 1 is 1.77 bits per heavy atom. The van der Waals surface area contributed by atoms with Crippen LogP contribution in [0.3, 0.4) is 0 Å². The fourth-order valence-corrected chi connectivity index (χ4v) is 1.71. The lowest BCUT2D eigenvalue weighted by Crippen LogP contribution is -2.18. The molecule has 0 bridgehead atoms. The molecule has 1 heterocycles. The van der Waals surface area contributed by atoms with Crippen molar-refractivity contribution in [1.29, 1.82) is 0 Å². The van der Waals surface area contributed by atoms with Crippen molar-refractivity contribution in [3.63, 3.8) is 0 Å². The van der Waals surface area contributed by atoms with Crippen LogP contribution >= 0.6 is 12.2 Å². The molecular weight excluding hydrogens is 204 g/mol. The quantitative estimate of drug-likeness (QED) is 0.783. The largest absolute Gasteiger partial charge is 0.337 e. The Kier molecular flexibility index (Phi) is 3.44. The summed E-state index contributed by atoms with van der Waals surface area (Å²) >= 11 is 5.09. The fourth-order valence-electron chi connectivity index (χ4n) is 1.07. The van der Waals surface area contributed by atoms with Gasteiger partial charge in [-0.3, -0.25) is 4.21 Å². The summed E-state index contributed by atoms with van der Waals surface area (Å²) in [5, 5.41) is 0.140. The Balaban J connectivity index is 2.85. The molecule has 0 aliphatic carbocycles. The van der Waals surface area contributed by atoms with E-state index in [4.69, 9.17) is 12.2 Å². The summed E-state index contributed by atoms with van der Waals surface area (Å²) in [4.78, 5) is 2.96. The molecular formula is C8H14N2OS2. The summed E-state index contributed by atoms with van der Waals surface area (Å²) in [5.41, 5.74) is 1.09. The van der Waals surface area contributed by atoms with Crippen molar-refractivity contribution in [1.82, 2.24) is 9.55 Å². The van der Waals surface area contributed by atoms with Gasteiger partial charge >= 0.3 is 0 Å². The Morgan fingerprint density at radius 3 is 2.77 bits per heavy atom. The summed E-state index contributed by atoms with van der Waals surface area (Å²) in [6.07, 6.45) is 3.59. The maximum atomic E-state index is 11.1. The topological polar surface area (TPSA) is 37.8 Å². The molecule has 1 aromatic heterocycles. The minimum Gasteiger partial charge on any atom is -0.337 e. The van der Waals surface area contributed by atoms with E-state index in [-0.39, 0.29) is 5.25 Å². The first-order chi connectivity index (χ1) is 6.02. The molecule has 5 heteroatoms. The molecule has 0 amide bonds. The van der Waals surface area contributed by atoms with Crippen molar-refractivity contribution in [2.24, 2.45) is 0 Å². The summed E-state index contributed by atoms with van der Waals surface area (Å²) in [5.74, 6) is 0. The Morgan fingerprint density at radius 2 is 2.38 bits per heavy atom. The third-order valence-electron chi connectivity index (χ3n) is 2.08.